The molecule has 10 heterocycles. The molecular formula is C52H49ClN12O4. The number of para-hydroxylation sites is 2. The normalized spacial score (nSPS) is 14.6. The van der Waals surface area contributed by atoms with Crippen LogP contribution in [0.4, 0.5) is 0 Å². The number of amides is 1. The molecule has 0 radical (unpaired) electrons. The summed E-state index contributed by atoms with van der Waals surface area (Å²) >= 11 is 4.64. The molecule has 348 valence electrons. The summed E-state index contributed by atoms with van der Waals surface area (Å²) in [6.07, 6.45) is 10.5. The molecular weight excluding hydrogens is 892 g/mol. The van der Waals surface area contributed by atoms with Gasteiger partial charge < -0.3 is 10.2 Å². The van der Waals surface area contributed by atoms with Gasteiger partial charge in [-0.1, -0.05) is 36.4 Å². The van der Waals surface area contributed by atoms with Crippen LogP contribution in [0.15, 0.2) is 119 Å². The minimum atomic E-state index is -0.361. The lowest BCUT2D eigenvalue weighted by atomic mass is 10.0. The van der Waals surface area contributed by atoms with Gasteiger partial charge in [-0.3, -0.25) is 47.8 Å². The number of fused-ring (bicyclic) bond motifs is 8. The zero-order valence-corrected chi connectivity index (χ0v) is 39.4. The van der Waals surface area contributed by atoms with Crippen molar-refractivity contribution in [2.24, 2.45) is 14.1 Å². The number of nitrogens with zero attached hydrogens (tertiary/aromatic N) is 11. The van der Waals surface area contributed by atoms with Crippen LogP contribution in [0.3, 0.4) is 0 Å². The molecule has 2 fully saturated rings. The van der Waals surface area contributed by atoms with E-state index >= 15 is 0 Å². The van der Waals surface area contributed by atoms with Gasteiger partial charge in [-0.25, -0.2) is 19.6 Å². The first-order chi connectivity index (χ1) is 33.4. The van der Waals surface area contributed by atoms with E-state index in [4.69, 9.17) is 9.97 Å². The molecule has 1 N–H and O–H groups in total. The van der Waals surface area contributed by atoms with Crippen molar-refractivity contribution in [1.82, 2.24) is 58.4 Å². The van der Waals surface area contributed by atoms with E-state index < -0.39 is 0 Å². The number of hydrogen-bond acceptors (Lipinski definition) is 11. The molecule has 0 aliphatic carbocycles. The second-order valence-electron chi connectivity index (χ2n) is 17.6. The lowest BCUT2D eigenvalue weighted by Gasteiger charge is -2.31. The molecule has 2 saturated heterocycles. The number of benzene rings is 2. The van der Waals surface area contributed by atoms with Crippen molar-refractivity contribution in [3.8, 4) is 22.5 Å². The number of aromatic nitrogens is 10. The van der Waals surface area contributed by atoms with Crippen LogP contribution in [-0.2, 0) is 23.7 Å². The molecule has 2 aromatic carbocycles. The third-order valence-electron chi connectivity index (χ3n) is 13.2. The Labute approximate surface area is 400 Å². The van der Waals surface area contributed by atoms with Crippen LogP contribution in [0.25, 0.3) is 88.5 Å². The van der Waals surface area contributed by atoms with Crippen LogP contribution in [0.2, 0.25) is 0 Å². The predicted molar refractivity (Wildman–Crippen MR) is 270 cm³/mol. The molecule has 0 spiro atoms. The Bertz CT molecular complexity index is 3750. The molecule has 0 bridgehead atoms. The van der Waals surface area contributed by atoms with E-state index in [9.17, 15) is 19.2 Å². The van der Waals surface area contributed by atoms with E-state index in [1.807, 2.05) is 100 Å². The second-order valence-corrected chi connectivity index (χ2v) is 18.1. The summed E-state index contributed by atoms with van der Waals surface area (Å²) < 4.78 is 7.14. The highest BCUT2D eigenvalue weighted by molar-refractivity contribution is 6.62. The number of piperidine rings is 2. The molecule has 2 aliphatic rings. The van der Waals surface area contributed by atoms with Crippen molar-refractivity contribution in [2.75, 3.05) is 26.2 Å². The maximum absolute atomic E-state index is 13.3. The molecule has 10 aromatic rings. The lowest BCUT2D eigenvalue weighted by molar-refractivity contribution is -0.130. The zero-order valence-electron chi connectivity index (χ0n) is 38.6. The average Bonchev–Trinajstić information content (AvgIpc) is 3.80. The van der Waals surface area contributed by atoms with Crippen molar-refractivity contribution in [2.45, 2.75) is 51.6 Å². The van der Waals surface area contributed by atoms with Gasteiger partial charge in [-0.2, -0.15) is 0 Å². The van der Waals surface area contributed by atoms with Gasteiger partial charge in [-0.15, -0.1) is 0 Å². The molecule has 16 nitrogen and oxygen atoms in total. The highest BCUT2D eigenvalue weighted by Gasteiger charge is 2.28. The van der Waals surface area contributed by atoms with Gasteiger partial charge in [-0.05, 0) is 98.9 Å². The number of aryl methyl sites for hydroxylation is 2. The third-order valence-corrected chi connectivity index (χ3v) is 13.2. The number of hydrogen-bond donors (Lipinski definition) is 1. The molecule has 1 amide bonds. The summed E-state index contributed by atoms with van der Waals surface area (Å²) in [6.45, 7) is 6.01. The Hall–Kier alpha value is -7.69. The highest BCUT2D eigenvalue weighted by Crippen LogP contribution is 2.32. The number of imidazole rings is 2. The third kappa shape index (κ3) is 8.61. The summed E-state index contributed by atoms with van der Waals surface area (Å²) in [5.74, 6) is 0.0775. The number of likely N-dealkylation sites (tertiary alicyclic amines) is 1. The molecule has 69 heavy (non-hydrogen) atoms. The minimum absolute atomic E-state index is 0.00391. The van der Waals surface area contributed by atoms with Gasteiger partial charge in [0.25, 0.3) is 0 Å². The SMILES string of the molecule is CC(=O)Cl.CC(=O)N1CCC(n2c(=O)n(C)c3cnc4ccc(-c5cnc6ccccc6c5)nc4c32)CC1.Cn1c(=O)n(C2CCNCC2)c2c3nc(-c4cnc5ccccc5c4)ccc3ncc21. The smallest absolute Gasteiger partial charge is 0.329 e. The molecule has 8 aromatic heterocycles. The largest absolute Gasteiger partial charge is 0.343 e. The zero-order chi connectivity index (χ0) is 47.9. The molecule has 17 heteroatoms. The highest BCUT2D eigenvalue weighted by atomic mass is 35.5. The van der Waals surface area contributed by atoms with Gasteiger partial charge in [0, 0.05) is 87.4 Å². The van der Waals surface area contributed by atoms with Gasteiger partial charge in [0.15, 0.2) is 0 Å². The predicted octanol–water partition coefficient (Wildman–Crippen LogP) is 7.88. The van der Waals surface area contributed by atoms with E-state index in [1.165, 1.54) is 6.92 Å². The number of carbonyl (C=O) groups is 2. The maximum Gasteiger partial charge on any atom is 0.329 e. The standard InChI is InChI=1S/C26H24N6O2.C24H22N6O.C2H3ClO/c1-16(33)31-11-9-19(10-12-31)32-25-23(30(2)26(32)34)15-28-22-8-7-21(29-24(22)25)18-13-17-5-3-4-6-20(17)27-14-18;1-29-21-14-27-20-7-6-19(16-12-15-4-2-3-5-18(15)26-13-16)28-22(20)23(21)30(24(29)31)17-8-10-25-11-9-17;1-2(3)4/h3-8,13-15,19H,9-12H2,1-2H3;2-7,12-14,17,25H,8-11H2,1H3;1H3. The van der Waals surface area contributed by atoms with Crippen molar-refractivity contribution < 1.29 is 9.59 Å². The Balaban J connectivity index is 0.000000149. The molecule has 0 saturated carbocycles. The van der Waals surface area contributed by atoms with E-state index in [2.05, 4.69) is 55.1 Å². The quantitative estimate of drug-likeness (QED) is 0.170. The number of pyridine rings is 6. The molecule has 2 aliphatic heterocycles. The summed E-state index contributed by atoms with van der Waals surface area (Å²) in [5.41, 5.74) is 11.5. The van der Waals surface area contributed by atoms with E-state index in [1.54, 1.807) is 35.5 Å². The average molecular weight is 941 g/mol. The maximum atomic E-state index is 13.3. The van der Waals surface area contributed by atoms with Crippen LogP contribution < -0.4 is 16.7 Å². The molecule has 0 atom stereocenters. The van der Waals surface area contributed by atoms with Crippen LogP contribution in [0.1, 0.15) is 51.6 Å². The van der Waals surface area contributed by atoms with Gasteiger partial charge in [0.2, 0.25) is 11.1 Å². The Morgan fingerprint density at radius 3 is 1.45 bits per heavy atom. The topological polar surface area (TPSA) is 181 Å². The summed E-state index contributed by atoms with van der Waals surface area (Å²) in [6, 6.07) is 28.3. The monoisotopic (exact) mass is 940 g/mol. The molecule has 0 unspecified atom stereocenters. The van der Waals surface area contributed by atoms with Crippen molar-refractivity contribution in [3.05, 3.63) is 131 Å². The van der Waals surface area contributed by atoms with Crippen LogP contribution in [-0.4, -0.2) is 90.4 Å². The minimum Gasteiger partial charge on any atom is -0.343 e. The summed E-state index contributed by atoms with van der Waals surface area (Å²) in [7, 11) is 3.59. The number of nitrogens with one attached hydrogen (secondary N) is 1. The van der Waals surface area contributed by atoms with Gasteiger partial charge in [0.1, 0.15) is 11.0 Å². The van der Waals surface area contributed by atoms with Crippen molar-refractivity contribution in [1.29, 1.82) is 0 Å². The first-order valence-electron chi connectivity index (χ1n) is 23.0. The number of rotatable bonds is 4. The Morgan fingerprint density at radius 2 is 1.00 bits per heavy atom. The Morgan fingerprint density at radius 1 is 0.580 bits per heavy atom. The van der Waals surface area contributed by atoms with E-state index in [0.717, 1.165) is 122 Å². The van der Waals surface area contributed by atoms with Crippen LogP contribution in [0, 0.1) is 0 Å². The number of carbonyl (C=O) groups excluding carboxylic acids is 2. The fraction of sp³-hybridized carbons (Fsp3) is 0.269. The van der Waals surface area contributed by atoms with E-state index in [-0.39, 0.29) is 34.6 Å². The fourth-order valence-corrected chi connectivity index (χ4v) is 9.70. The van der Waals surface area contributed by atoms with Gasteiger partial charge >= 0.3 is 11.4 Å². The fourth-order valence-electron chi connectivity index (χ4n) is 9.70. The van der Waals surface area contributed by atoms with E-state index in [0.29, 0.717) is 18.6 Å². The van der Waals surface area contributed by atoms with Crippen LogP contribution in [0.5, 0.6) is 0 Å². The first kappa shape index (κ1) is 45.1. The second kappa shape index (κ2) is 18.8. The van der Waals surface area contributed by atoms with Gasteiger partial charge in [0.05, 0.1) is 67.9 Å². The molecule has 12 rings (SSSR count). The number of halogens is 1. The lowest BCUT2D eigenvalue weighted by Crippen LogP contribution is -2.39. The summed E-state index contributed by atoms with van der Waals surface area (Å²) in [4.78, 5) is 77.7. The van der Waals surface area contributed by atoms with Crippen LogP contribution >= 0.6 is 11.6 Å². The van der Waals surface area contributed by atoms with Crippen molar-refractivity contribution in [3.63, 3.8) is 0 Å². The van der Waals surface area contributed by atoms with Crippen molar-refractivity contribution >= 4 is 88.7 Å². The summed E-state index contributed by atoms with van der Waals surface area (Å²) in [5, 5.41) is 5.14. The Kier molecular flexibility index (Phi) is 12.3. The first-order valence-corrected chi connectivity index (χ1v) is 23.4.